The minimum atomic E-state index is 0.00514. The van der Waals surface area contributed by atoms with Gasteiger partial charge in [-0.15, -0.1) is 0 Å². The molecule has 2 rings (SSSR count). The molecule has 0 aliphatic rings. The van der Waals surface area contributed by atoms with Gasteiger partial charge in [-0.3, -0.25) is 4.79 Å². The molecule has 2 aromatic rings. The summed E-state index contributed by atoms with van der Waals surface area (Å²) < 4.78 is 5.31. The van der Waals surface area contributed by atoms with Crippen LogP contribution in [0, 0.1) is 0 Å². The van der Waals surface area contributed by atoms with Crippen molar-refractivity contribution >= 4 is 29.1 Å². The summed E-state index contributed by atoms with van der Waals surface area (Å²) in [4.78, 5) is 13.2. The summed E-state index contributed by atoms with van der Waals surface area (Å²) in [5, 5.41) is 4.04. The molecule has 2 aromatic carbocycles. The predicted molar refractivity (Wildman–Crippen MR) is 102 cm³/mol. The lowest BCUT2D eigenvalue weighted by atomic mass is 10.1. The Hall–Kier alpha value is -1.75. The van der Waals surface area contributed by atoms with E-state index < -0.39 is 0 Å². The Morgan fingerprint density at radius 3 is 2.60 bits per heavy atom. The highest BCUT2D eigenvalue weighted by Gasteiger charge is 2.13. The topological polar surface area (TPSA) is 42.8 Å². The number of benzene rings is 2. The summed E-state index contributed by atoms with van der Waals surface area (Å²) in [7, 11) is 3.60. The molecule has 0 bridgehead atoms. The van der Waals surface area contributed by atoms with E-state index in [2.05, 4.69) is 5.32 Å². The SMILES string of the molecule is COc1ccccc1CCNC(=O)C[NH+](C)Cc1cccc(Cl)c1Cl. The molecule has 2 N–H and O–H groups in total. The van der Waals surface area contributed by atoms with E-state index in [9.17, 15) is 4.79 Å². The Kier molecular flexibility index (Phi) is 7.56. The minimum absolute atomic E-state index is 0.00514. The van der Waals surface area contributed by atoms with Gasteiger partial charge in [0.15, 0.2) is 6.54 Å². The molecule has 0 fully saturated rings. The fourth-order valence-electron chi connectivity index (χ4n) is 2.66. The molecule has 0 aliphatic heterocycles. The highest BCUT2D eigenvalue weighted by Crippen LogP contribution is 2.24. The zero-order valence-corrected chi connectivity index (χ0v) is 16.0. The van der Waals surface area contributed by atoms with Gasteiger partial charge in [-0.05, 0) is 24.1 Å². The van der Waals surface area contributed by atoms with E-state index in [1.165, 1.54) is 0 Å². The van der Waals surface area contributed by atoms with Crippen LogP contribution in [0.1, 0.15) is 11.1 Å². The number of ether oxygens (including phenoxy) is 1. The van der Waals surface area contributed by atoms with Gasteiger partial charge >= 0.3 is 0 Å². The van der Waals surface area contributed by atoms with Gasteiger partial charge in [-0.2, -0.15) is 0 Å². The number of amides is 1. The first-order valence-corrected chi connectivity index (χ1v) is 8.89. The average Bonchev–Trinajstić information content (AvgIpc) is 2.59. The van der Waals surface area contributed by atoms with Gasteiger partial charge in [-0.25, -0.2) is 0 Å². The Morgan fingerprint density at radius 2 is 1.84 bits per heavy atom. The lowest BCUT2D eigenvalue weighted by Gasteiger charge is -2.15. The quantitative estimate of drug-likeness (QED) is 0.736. The third kappa shape index (κ3) is 5.92. The van der Waals surface area contributed by atoms with Gasteiger partial charge in [0, 0.05) is 12.1 Å². The van der Waals surface area contributed by atoms with Crippen molar-refractivity contribution in [1.82, 2.24) is 5.32 Å². The molecule has 0 saturated carbocycles. The molecule has 0 saturated heterocycles. The average molecular weight is 382 g/mol. The molecular formula is C19H23Cl2N2O2+. The van der Waals surface area contributed by atoms with E-state index in [0.717, 1.165) is 28.2 Å². The summed E-state index contributed by atoms with van der Waals surface area (Å²) in [6.07, 6.45) is 0.731. The number of carbonyl (C=O) groups excluding carboxylic acids is 1. The van der Waals surface area contributed by atoms with Gasteiger partial charge in [-0.1, -0.05) is 53.5 Å². The number of methoxy groups -OCH3 is 1. The summed E-state index contributed by atoms with van der Waals surface area (Å²) in [6.45, 7) is 1.58. The van der Waals surface area contributed by atoms with Crippen molar-refractivity contribution in [1.29, 1.82) is 0 Å². The van der Waals surface area contributed by atoms with Gasteiger partial charge < -0.3 is 15.0 Å². The number of quaternary nitrogens is 1. The molecule has 1 unspecified atom stereocenters. The van der Waals surface area contributed by atoms with Gasteiger partial charge in [0.05, 0.1) is 24.2 Å². The van der Waals surface area contributed by atoms with Crippen molar-refractivity contribution in [3.8, 4) is 5.75 Å². The van der Waals surface area contributed by atoms with E-state index in [1.807, 2.05) is 43.4 Å². The summed E-state index contributed by atoms with van der Waals surface area (Å²) in [6, 6.07) is 13.4. The van der Waals surface area contributed by atoms with Crippen molar-refractivity contribution in [3.05, 3.63) is 63.6 Å². The first kappa shape index (κ1) is 19.6. The van der Waals surface area contributed by atoms with E-state index in [1.54, 1.807) is 13.2 Å². The number of halogens is 2. The first-order valence-electron chi connectivity index (χ1n) is 8.14. The lowest BCUT2D eigenvalue weighted by Crippen LogP contribution is -3.08. The van der Waals surface area contributed by atoms with Crippen LogP contribution in [0.5, 0.6) is 5.75 Å². The fourth-order valence-corrected chi connectivity index (χ4v) is 3.04. The first-order chi connectivity index (χ1) is 12.0. The standard InChI is InChI=1S/C19H22Cl2N2O2/c1-23(12-15-7-5-8-16(20)19(15)21)13-18(24)22-11-10-14-6-3-4-9-17(14)25-2/h3-9H,10-13H2,1-2H3,(H,22,24)/p+1. The lowest BCUT2D eigenvalue weighted by molar-refractivity contribution is -0.885. The maximum absolute atomic E-state index is 12.1. The van der Waals surface area contributed by atoms with Crippen molar-refractivity contribution < 1.29 is 14.4 Å². The van der Waals surface area contributed by atoms with Crippen LogP contribution in [0.4, 0.5) is 0 Å². The zero-order valence-electron chi connectivity index (χ0n) is 14.4. The van der Waals surface area contributed by atoms with Gasteiger partial charge in [0.2, 0.25) is 0 Å². The highest BCUT2D eigenvalue weighted by atomic mass is 35.5. The number of likely N-dealkylation sites (N-methyl/N-ethyl adjacent to an activating group) is 1. The van der Waals surface area contributed by atoms with Crippen molar-refractivity contribution in [2.45, 2.75) is 13.0 Å². The summed E-state index contributed by atoms with van der Waals surface area (Å²) in [5.74, 6) is 0.848. The normalized spacial score (nSPS) is 11.8. The number of para-hydroxylation sites is 1. The van der Waals surface area contributed by atoms with Crippen LogP contribution in [0.25, 0.3) is 0 Å². The van der Waals surface area contributed by atoms with Crippen molar-refractivity contribution in [3.63, 3.8) is 0 Å². The fraction of sp³-hybridized carbons (Fsp3) is 0.316. The van der Waals surface area contributed by atoms with Crippen molar-refractivity contribution in [2.75, 3.05) is 27.2 Å². The highest BCUT2D eigenvalue weighted by molar-refractivity contribution is 6.42. The maximum atomic E-state index is 12.1. The Morgan fingerprint density at radius 1 is 1.12 bits per heavy atom. The Balaban J connectivity index is 1.79. The summed E-state index contributed by atoms with van der Waals surface area (Å²) in [5.41, 5.74) is 2.02. The molecule has 0 radical (unpaired) electrons. The third-order valence-corrected chi connectivity index (χ3v) is 4.75. The molecule has 1 amide bonds. The Labute approximate surface area is 158 Å². The van der Waals surface area contributed by atoms with Crippen LogP contribution in [0.15, 0.2) is 42.5 Å². The zero-order chi connectivity index (χ0) is 18.2. The molecular weight excluding hydrogens is 359 g/mol. The maximum Gasteiger partial charge on any atom is 0.275 e. The number of rotatable bonds is 8. The second-order valence-electron chi connectivity index (χ2n) is 5.94. The largest absolute Gasteiger partial charge is 0.496 e. The van der Waals surface area contributed by atoms with Crippen LogP contribution in [0.3, 0.4) is 0 Å². The number of carbonyl (C=O) groups is 1. The monoisotopic (exact) mass is 381 g/mol. The molecule has 1 atom stereocenters. The predicted octanol–water partition coefficient (Wildman–Crippen LogP) is 2.38. The second kappa shape index (κ2) is 9.66. The van der Waals surface area contributed by atoms with E-state index >= 15 is 0 Å². The van der Waals surface area contributed by atoms with Crippen LogP contribution in [0.2, 0.25) is 10.0 Å². The molecule has 0 aliphatic carbocycles. The molecule has 0 heterocycles. The van der Waals surface area contributed by atoms with Gasteiger partial charge in [0.25, 0.3) is 5.91 Å². The Bertz CT molecular complexity index is 722. The van der Waals surface area contributed by atoms with E-state index in [0.29, 0.717) is 29.7 Å². The van der Waals surface area contributed by atoms with Crippen molar-refractivity contribution in [2.24, 2.45) is 0 Å². The molecule has 134 valence electrons. The number of hydrogen-bond donors (Lipinski definition) is 2. The van der Waals surface area contributed by atoms with Crippen LogP contribution < -0.4 is 15.0 Å². The smallest absolute Gasteiger partial charge is 0.275 e. The number of hydrogen-bond acceptors (Lipinski definition) is 2. The number of nitrogens with one attached hydrogen (secondary N) is 2. The van der Waals surface area contributed by atoms with E-state index in [4.69, 9.17) is 27.9 Å². The van der Waals surface area contributed by atoms with Gasteiger partial charge in [0.1, 0.15) is 12.3 Å². The van der Waals surface area contributed by atoms with E-state index in [-0.39, 0.29) is 5.91 Å². The molecule has 25 heavy (non-hydrogen) atoms. The molecule has 4 nitrogen and oxygen atoms in total. The molecule has 0 spiro atoms. The third-order valence-electron chi connectivity index (χ3n) is 3.90. The minimum Gasteiger partial charge on any atom is -0.496 e. The second-order valence-corrected chi connectivity index (χ2v) is 6.72. The van der Waals surface area contributed by atoms with Crippen LogP contribution in [-0.4, -0.2) is 33.2 Å². The van der Waals surface area contributed by atoms with Crippen LogP contribution >= 0.6 is 23.2 Å². The molecule has 0 aromatic heterocycles. The molecule has 6 heteroatoms. The summed E-state index contributed by atoms with van der Waals surface area (Å²) >= 11 is 12.2. The van der Waals surface area contributed by atoms with Crippen LogP contribution in [-0.2, 0) is 17.8 Å².